The Hall–Kier alpha value is -1.35. The highest BCUT2D eigenvalue weighted by Gasteiger charge is 2.20. The van der Waals surface area contributed by atoms with Crippen molar-refractivity contribution in [3.05, 3.63) is 35.9 Å². The topological polar surface area (TPSA) is 43.3 Å². The van der Waals surface area contributed by atoms with Gasteiger partial charge in [0.15, 0.2) is 0 Å². The van der Waals surface area contributed by atoms with Gasteiger partial charge >= 0.3 is 0 Å². The molecule has 0 aliphatic rings. The quantitative estimate of drug-likeness (QED) is 0.837. The lowest BCUT2D eigenvalue weighted by molar-refractivity contribution is 0.539. The molecule has 2 N–H and O–H groups in total. The van der Waals surface area contributed by atoms with E-state index in [0.29, 0.717) is 6.54 Å². The number of hydrogen-bond donors (Lipinski definition) is 1. The molecule has 3 nitrogen and oxygen atoms in total. The predicted octanol–water partition coefficient (Wildman–Crippen LogP) is 2.13. The maximum atomic E-state index is 5.65. The summed E-state index contributed by atoms with van der Waals surface area (Å²) in [5, 5.41) is 0. The van der Waals surface area contributed by atoms with Gasteiger partial charge < -0.3 is 10.1 Å². The van der Waals surface area contributed by atoms with Crippen LogP contribution in [0.25, 0.3) is 5.52 Å². The summed E-state index contributed by atoms with van der Waals surface area (Å²) in [4.78, 5) is 4.53. The van der Waals surface area contributed by atoms with Crippen molar-refractivity contribution in [2.45, 2.75) is 32.6 Å². The number of hydrogen-bond acceptors (Lipinski definition) is 2. The largest absolute Gasteiger partial charge is 0.330 e. The fraction of sp³-hybridized carbons (Fsp3) is 0.462. The van der Waals surface area contributed by atoms with Crippen molar-refractivity contribution < 1.29 is 0 Å². The smallest absolute Gasteiger partial charge is 0.118 e. The molecule has 2 rings (SSSR count). The predicted molar refractivity (Wildman–Crippen MR) is 66.7 cm³/mol. The van der Waals surface area contributed by atoms with E-state index in [-0.39, 0.29) is 5.41 Å². The minimum Gasteiger partial charge on any atom is -0.330 e. The summed E-state index contributed by atoms with van der Waals surface area (Å²) in [7, 11) is 0. The molecule has 0 atom stereocenters. The number of imidazole rings is 1. The summed E-state index contributed by atoms with van der Waals surface area (Å²) in [5.41, 5.74) is 8.09. The summed E-state index contributed by atoms with van der Waals surface area (Å²) in [5.74, 6) is 1.10. The molecule has 2 aromatic rings. The second-order valence-corrected chi connectivity index (χ2v) is 5.15. The second kappa shape index (κ2) is 3.91. The van der Waals surface area contributed by atoms with Crippen LogP contribution in [0.2, 0.25) is 0 Å². The average Bonchev–Trinajstić information content (AvgIpc) is 2.62. The molecular formula is C13H19N3. The zero-order valence-electron chi connectivity index (χ0n) is 10.2. The summed E-state index contributed by atoms with van der Waals surface area (Å²) >= 11 is 0. The second-order valence-electron chi connectivity index (χ2n) is 5.15. The first-order valence-corrected chi connectivity index (χ1v) is 5.70. The van der Waals surface area contributed by atoms with Crippen LogP contribution < -0.4 is 5.73 Å². The summed E-state index contributed by atoms with van der Waals surface area (Å²) in [6, 6.07) is 6.27. The molecule has 86 valence electrons. The van der Waals surface area contributed by atoms with E-state index < -0.39 is 0 Å². The van der Waals surface area contributed by atoms with Crippen molar-refractivity contribution in [3.63, 3.8) is 0 Å². The molecule has 0 aliphatic heterocycles. The number of nitrogens with zero attached hydrogens (tertiary/aromatic N) is 2. The van der Waals surface area contributed by atoms with Crippen molar-refractivity contribution in [2.24, 2.45) is 5.73 Å². The fourth-order valence-corrected chi connectivity index (χ4v) is 1.99. The Labute approximate surface area is 96.3 Å². The minimum atomic E-state index is 0.0527. The molecule has 0 amide bonds. The molecule has 0 fully saturated rings. The van der Waals surface area contributed by atoms with Gasteiger partial charge in [0.25, 0.3) is 0 Å². The van der Waals surface area contributed by atoms with Gasteiger partial charge in [0.2, 0.25) is 0 Å². The highest BCUT2D eigenvalue weighted by molar-refractivity contribution is 5.48. The van der Waals surface area contributed by atoms with Gasteiger partial charge in [0.05, 0.1) is 11.7 Å². The van der Waals surface area contributed by atoms with Crippen LogP contribution >= 0.6 is 0 Å². The lowest BCUT2D eigenvalue weighted by Gasteiger charge is -2.18. The SMILES string of the molecule is CC(C)(C)c1ncc2cccc(CCN)n12. The van der Waals surface area contributed by atoms with Gasteiger partial charge in [-0.1, -0.05) is 26.8 Å². The standard InChI is InChI=1S/C13H19N3/c1-13(2,3)12-15-9-11-6-4-5-10(7-8-14)16(11)12/h4-6,9H,7-8,14H2,1-3H3. The van der Waals surface area contributed by atoms with Gasteiger partial charge in [-0.05, 0) is 18.7 Å². The van der Waals surface area contributed by atoms with E-state index >= 15 is 0 Å². The van der Waals surface area contributed by atoms with Crippen LogP contribution in [0.3, 0.4) is 0 Å². The lowest BCUT2D eigenvalue weighted by Crippen LogP contribution is -2.18. The maximum absolute atomic E-state index is 5.65. The third-order valence-electron chi connectivity index (χ3n) is 2.70. The normalized spacial score (nSPS) is 12.2. The molecule has 2 heterocycles. The van der Waals surface area contributed by atoms with E-state index in [1.807, 2.05) is 6.20 Å². The first-order chi connectivity index (χ1) is 7.54. The van der Waals surface area contributed by atoms with Gasteiger partial charge in [-0.25, -0.2) is 4.98 Å². The molecule has 0 aliphatic carbocycles. The zero-order chi connectivity index (χ0) is 11.8. The Kier molecular flexibility index (Phi) is 2.72. The van der Waals surface area contributed by atoms with Crippen molar-refractivity contribution in [3.8, 4) is 0 Å². The third-order valence-corrected chi connectivity index (χ3v) is 2.70. The maximum Gasteiger partial charge on any atom is 0.118 e. The molecule has 16 heavy (non-hydrogen) atoms. The summed E-state index contributed by atoms with van der Waals surface area (Å²) in [6.45, 7) is 7.21. The highest BCUT2D eigenvalue weighted by Crippen LogP contribution is 2.23. The number of fused-ring (bicyclic) bond motifs is 1. The monoisotopic (exact) mass is 217 g/mol. The molecular weight excluding hydrogens is 198 g/mol. The lowest BCUT2D eigenvalue weighted by atomic mass is 9.95. The summed E-state index contributed by atoms with van der Waals surface area (Å²) < 4.78 is 2.23. The molecule has 0 saturated carbocycles. The highest BCUT2D eigenvalue weighted by atomic mass is 15.0. The van der Waals surface area contributed by atoms with Crippen LogP contribution in [0.5, 0.6) is 0 Å². The van der Waals surface area contributed by atoms with Crippen LogP contribution in [0, 0.1) is 0 Å². The van der Waals surface area contributed by atoms with Gasteiger partial charge in [-0.15, -0.1) is 0 Å². The van der Waals surface area contributed by atoms with E-state index in [2.05, 4.69) is 48.4 Å². The van der Waals surface area contributed by atoms with Crippen molar-refractivity contribution in [1.82, 2.24) is 9.38 Å². The first kappa shape index (κ1) is 11.1. The molecule has 0 bridgehead atoms. The van der Waals surface area contributed by atoms with E-state index in [1.54, 1.807) is 0 Å². The molecule has 0 aromatic carbocycles. The average molecular weight is 217 g/mol. The minimum absolute atomic E-state index is 0.0527. The van der Waals surface area contributed by atoms with Crippen LogP contribution in [0.1, 0.15) is 32.3 Å². The van der Waals surface area contributed by atoms with E-state index in [4.69, 9.17) is 5.73 Å². The van der Waals surface area contributed by atoms with Crippen molar-refractivity contribution >= 4 is 5.52 Å². The number of pyridine rings is 1. The van der Waals surface area contributed by atoms with Crippen molar-refractivity contribution in [1.29, 1.82) is 0 Å². The van der Waals surface area contributed by atoms with Gasteiger partial charge in [-0.2, -0.15) is 0 Å². The molecule has 2 aromatic heterocycles. The van der Waals surface area contributed by atoms with E-state index in [1.165, 1.54) is 5.69 Å². The van der Waals surface area contributed by atoms with Gasteiger partial charge in [0.1, 0.15) is 5.82 Å². The number of aromatic nitrogens is 2. The van der Waals surface area contributed by atoms with Crippen LogP contribution in [-0.2, 0) is 11.8 Å². The van der Waals surface area contributed by atoms with Crippen LogP contribution in [-0.4, -0.2) is 15.9 Å². The van der Waals surface area contributed by atoms with Gasteiger partial charge in [-0.3, -0.25) is 0 Å². The Morgan fingerprint density at radius 1 is 1.31 bits per heavy atom. The summed E-state index contributed by atoms with van der Waals surface area (Å²) in [6.07, 6.45) is 2.82. The molecule has 0 unspecified atom stereocenters. The van der Waals surface area contributed by atoms with Gasteiger partial charge in [0, 0.05) is 17.5 Å². The van der Waals surface area contributed by atoms with E-state index in [0.717, 1.165) is 17.8 Å². The Morgan fingerprint density at radius 3 is 2.69 bits per heavy atom. The Balaban J connectivity index is 2.68. The first-order valence-electron chi connectivity index (χ1n) is 5.70. The Morgan fingerprint density at radius 2 is 2.06 bits per heavy atom. The molecule has 0 spiro atoms. The number of nitrogens with two attached hydrogens (primary N) is 1. The van der Waals surface area contributed by atoms with Crippen LogP contribution in [0.4, 0.5) is 0 Å². The fourth-order valence-electron chi connectivity index (χ4n) is 1.99. The molecule has 3 heteroatoms. The zero-order valence-corrected chi connectivity index (χ0v) is 10.2. The number of rotatable bonds is 2. The van der Waals surface area contributed by atoms with Crippen molar-refractivity contribution in [2.75, 3.05) is 6.54 Å². The molecule has 0 radical (unpaired) electrons. The van der Waals surface area contributed by atoms with Crippen LogP contribution in [0.15, 0.2) is 24.4 Å². The third kappa shape index (κ3) is 1.83. The van der Waals surface area contributed by atoms with E-state index in [9.17, 15) is 0 Å². The Bertz CT molecular complexity index is 491. The molecule has 0 saturated heterocycles.